The van der Waals surface area contributed by atoms with Crippen LogP contribution in [0.4, 0.5) is 0 Å². The first-order valence-electron chi connectivity index (χ1n) is 6.06. The molecule has 18 heavy (non-hydrogen) atoms. The standard InChI is InChI=1S/C14H18ClN3/c1-10(12-5-4-6-13(15)9-12)17-11(2)14-16-7-8-18(14)3/h4-11,17H,1-3H3. The van der Waals surface area contributed by atoms with Gasteiger partial charge >= 0.3 is 0 Å². The Labute approximate surface area is 113 Å². The highest BCUT2D eigenvalue weighted by Crippen LogP contribution is 2.20. The quantitative estimate of drug-likeness (QED) is 0.915. The second-order valence-corrected chi connectivity index (χ2v) is 5.00. The molecule has 3 nitrogen and oxygen atoms in total. The van der Waals surface area contributed by atoms with Crippen molar-refractivity contribution in [3.05, 3.63) is 53.1 Å². The minimum absolute atomic E-state index is 0.194. The number of hydrogen-bond donors (Lipinski definition) is 1. The van der Waals surface area contributed by atoms with Crippen molar-refractivity contribution in [3.63, 3.8) is 0 Å². The second kappa shape index (κ2) is 5.55. The van der Waals surface area contributed by atoms with E-state index >= 15 is 0 Å². The van der Waals surface area contributed by atoms with E-state index in [0.29, 0.717) is 0 Å². The van der Waals surface area contributed by atoms with Gasteiger partial charge in [-0.15, -0.1) is 0 Å². The van der Waals surface area contributed by atoms with Crippen LogP contribution in [0.3, 0.4) is 0 Å². The molecule has 2 rings (SSSR count). The molecule has 1 aromatic carbocycles. The third-order valence-electron chi connectivity index (χ3n) is 3.09. The van der Waals surface area contributed by atoms with Crippen LogP contribution in [-0.4, -0.2) is 9.55 Å². The number of halogens is 1. The van der Waals surface area contributed by atoms with Gasteiger partial charge in [0.25, 0.3) is 0 Å². The smallest absolute Gasteiger partial charge is 0.125 e. The zero-order valence-electron chi connectivity index (χ0n) is 10.9. The Morgan fingerprint density at radius 2 is 2.06 bits per heavy atom. The molecule has 1 N–H and O–H groups in total. The molecule has 1 aromatic heterocycles. The van der Waals surface area contributed by atoms with Crippen molar-refractivity contribution in [2.75, 3.05) is 0 Å². The van der Waals surface area contributed by atoms with Gasteiger partial charge in [0.1, 0.15) is 5.82 Å². The third kappa shape index (κ3) is 2.92. The maximum atomic E-state index is 6.01. The van der Waals surface area contributed by atoms with Gasteiger partial charge in [-0.05, 0) is 31.5 Å². The van der Waals surface area contributed by atoms with Crippen LogP contribution in [0.25, 0.3) is 0 Å². The van der Waals surface area contributed by atoms with Gasteiger partial charge in [0.15, 0.2) is 0 Å². The highest BCUT2D eigenvalue weighted by Gasteiger charge is 2.14. The molecule has 0 spiro atoms. The SMILES string of the molecule is CC(NC(C)c1nccn1C)c1cccc(Cl)c1. The van der Waals surface area contributed by atoms with Crippen LogP contribution in [0.15, 0.2) is 36.7 Å². The second-order valence-electron chi connectivity index (χ2n) is 4.56. The van der Waals surface area contributed by atoms with Crippen molar-refractivity contribution >= 4 is 11.6 Å². The van der Waals surface area contributed by atoms with Gasteiger partial charge in [0, 0.05) is 30.5 Å². The van der Waals surface area contributed by atoms with Crippen molar-refractivity contribution in [2.45, 2.75) is 25.9 Å². The molecule has 0 amide bonds. The van der Waals surface area contributed by atoms with E-state index in [9.17, 15) is 0 Å². The normalized spacial score (nSPS) is 14.4. The average molecular weight is 264 g/mol. The van der Waals surface area contributed by atoms with E-state index in [4.69, 9.17) is 11.6 Å². The number of aryl methyl sites for hydroxylation is 1. The van der Waals surface area contributed by atoms with E-state index in [1.165, 1.54) is 5.56 Å². The highest BCUT2D eigenvalue weighted by atomic mass is 35.5. The summed E-state index contributed by atoms with van der Waals surface area (Å²) < 4.78 is 2.03. The number of imidazole rings is 1. The van der Waals surface area contributed by atoms with Crippen LogP contribution < -0.4 is 5.32 Å². The summed E-state index contributed by atoms with van der Waals surface area (Å²) in [6.07, 6.45) is 3.77. The first kappa shape index (κ1) is 13.1. The van der Waals surface area contributed by atoms with E-state index in [1.807, 2.05) is 42.2 Å². The minimum Gasteiger partial charge on any atom is -0.337 e. The van der Waals surface area contributed by atoms with Gasteiger partial charge in [-0.25, -0.2) is 4.98 Å². The Morgan fingerprint density at radius 1 is 1.28 bits per heavy atom. The number of nitrogens with one attached hydrogen (secondary N) is 1. The molecule has 2 unspecified atom stereocenters. The van der Waals surface area contributed by atoms with E-state index < -0.39 is 0 Å². The molecule has 0 saturated carbocycles. The minimum atomic E-state index is 0.194. The predicted octanol–water partition coefficient (Wildman–Crippen LogP) is 3.49. The number of nitrogens with zero attached hydrogens (tertiary/aromatic N) is 2. The van der Waals surface area contributed by atoms with Crippen LogP contribution in [0, 0.1) is 0 Å². The Hall–Kier alpha value is -1.32. The summed E-state index contributed by atoms with van der Waals surface area (Å²) >= 11 is 6.01. The van der Waals surface area contributed by atoms with Crippen molar-refractivity contribution in [1.29, 1.82) is 0 Å². The molecule has 0 aliphatic heterocycles. The van der Waals surface area contributed by atoms with Gasteiger partial charge in [-0.1, -0.05) is 23.7 Å². The van der Waals surface area contributed by atoms with Crippen molar-refractivity contribution in [3.8, 4) is 0 Å². The summed E-state index contributed by atoms with van der Waals surface area (Å²) in [7, 11) is 2.00. The largest absolute Gasteiger partial charge is 0.337 e. The van der Waals surface area contributed by atoms with E-state index in [-0.39, 0.29) is 12.1 Å². The molecule has 96 valence electrons. The molecular formula is C14H18ClN3. The summed E-state index contributed by atoms with van der Waals surface area (Å²) in [4.78, 5) is 4.35. The van der Waals surface area contributed by atoms with Crippen LogP contribution in [0.1, 0.15) is 37.3 Å². The Kier molecular flexibility index (Phi) is 4.04. The average Bonchev–Trinajstić information content (AvgIpc) is 2.75. The van der Waals surface area contributed by atoms with Crippen molar-refractivity contribution in [1.82, 2.24) is 14.9 Å². The monoisotopic (exact) mass is 263 g/mol. The predicted molar refractivity (Wildman–Crippen MR) is 74.6 cm³/mol. The van der Waals surface area contributed by atoms with Gasteiger partial charge in [-0.2, -0.15) is 0 Å². The van der Waals surface area contributed by atoms with Gasteiger partial charge in [0.2, 0.25) is 0 Å². The first-order chi connectivity index (χ1) is 8.58. The van der Waals surface area contributed by atoms with Crippen LogP contribution >= 0.6 is 11.6 Å². The number of rotatable bonds is 4. The lowest BCUT2D eigenvalue weighted by Gasteiger charge is -2.20. The fraction of sp³-hybridized carbons (Fsp3) is 0.357. The Bertz CT molecular complexity index is 521. The summed E-state index contributed by atoms with van der Waals surface area (Å²) in [6, 6.07) is 8.36. The number of benzene rings is 1. The lowest BCUT2D eigenvalue weighted by atomic mass is 10.1. The summed E-state index contributed by atoms with van der Waals surface area (Å²) in [5, 5.41) is 4.29. The van der Waals surface area contributed by atoms with Gasteiger partial charge in [-0.3, -0.25) is 0 Å². The lowest BCUT2D eigenvalue weighted by molar-refractivity contribution is 0.467. The fourth-order valence-electron chi connectivity index (χ4n) is 2.12. The first-order valence-corrected chi connectivity index (χ1v) is 6.44. The zero-order valence-corrected chi connectivity index (χ0v) is 11.6. The molecule has 0 fully saturated rings. The van der Waals surface area contributed by atoms with Gasteiger partial charge < -0.3 is 9.88 Å². The number of aromatic nitrogens is 2. The maximum Gasteiger partial charge on any atom is 0.125 e. The molecule has 4 heteroatoms. The number of hydrogen-bond acceptors (Lipinski definition) is 2. The Morgan fingerprint density at radius 3 is 2.67 bits per heavy atom. The molecule has 0 bridgehead atoms. The lowest BCUT2D eigenvalue weighted by Crippen LogP contribution is -2.24. The molecule has 2 atom stereocenters. The molecule has 0 aliphatic rings. The van der Waals surface area contributed by atoms with Crippen LogP contribution in [-0.2, 0) is 7.05 Å². The van der Waals surface area contributed by atoms with Crippen LogP contribution in [0.2, 0.25) is 5.02 Å². The molecular weight excluding hydrogens is 246 g/mol. The fourth-order valence-corrected chi connectivity index (χ4v) is 2.31. The van der Waals surface area contributed by atoms with E-state index in [2.05, 4.69) is 30.2 Å². The van der Waals surface area contributed by atoms with E-state index in [1.54, 1.807) is 0 Å². The van der Waals surface area contributed by atoms with Gasteiger partial charge in [0.05, 0.1) is 6.04 Å². The van der Waals surface area contributed by atoms with E-state index in [0.717, 1.165) is 10.8 Å². The molecule has 0 aliphatic carbocycles. The zero-order chi connectivity index (χ0) is 13.1. The highest BCUT2D eigenvalue weighted by molar-refractivity contribution is 6.30. The maximum absolute atomic E-state index is 6.01. The topological polar surface area (TPSA) is 29.9 Å². The van der Waals surface area contributed by atoms with Crippen LogP contribution in [0.5, 0.6) is 0 Å². The van der Waals surface area contributed by atoms with Crippen molar-refractivity contribution < 1.29 is 0 Å². The summed E-state index contributed by atoms with van der Waals surface area (Å²) in [5.74, 6) is 1.03. The molecule has 0 saturated heterocycles. The van der Waals surface area contributed by atoms with Crippen molar-refractivity contribution in [2.24, 2.45) is 7.05 Å². The molecule has 2 aromatic rings. The molecule has 0 radical (unpaired) electrons. The summed E-state index contributed by atoms with van der Waals surface area (Å²) in [6.45, 7) is 4.24. The third-order valence-corrected chi connectivity index (χ3v) is 3.33. The summed E-state index contributed by atoms with van der Waals surface area (Å²) in [5.41, 5.74) is 1.18. The molecule has 1 heterocycles. The Balaban J connectivity index is 2.08.